The third-order valence-corrected chi connectivity index (χ3v) is 7.55. The number of carbonyl (C=O) groups excluding carboxylic acids is 2. The number of nitrogens with one attached hydrogen (secondary N) is 1. The largest absolute Gasteiger partial charge is 0.377 e. The Morgan fingerprint density at radius 1 is 0.800 bits per heavy atom. The molecule has 1 unspecified atom stereocenters. The van der Waals surface area contributed by atoms with Crippen LogP contribution < -0.4 is 10.2 Å². The molecule has 4 aliphatic rings. The molecule has 4 atom stereocenters. The number of hydrogen-bond donors (Lipinski definition) is 1. The predicted molar refractivity (Wildman–Crippen MR) is 118 cm³/mol. The molecule has 2 aliphatic carbocycles. The number of benzene rings is 2. The third-order valence-electron chi connectivity index (χ3n) is 7.55. The smallest absolute Gasteiger partial charge is 0.240 e. The minimum atomic E-state index is -0.326. The van der Waals surface area contributed by atoms with Crippen LogP contribution >= 0.6 is 0 Å². The van der Waals surface area contributed by atoms with Gasteiger partial charge in [0.15, 0.2) is 0 Å². The van der Waals surface area contributed by atoms with E-state index in [2.05, 4.69) is 23.5 Å². The van der Waals surface area contributed by atoms with E-state index in [1.54, 1.807) is 0 Å². The molecular weight excluding hydrogens is 372 g/mol. The number of allylic oxidation sites excluding steroid dienone is 1. The van der Waals surface area contributed by atoms with Crippen molar-refractivity contribution in [2.75, 3.05) is 10.2 Å². The second-order valence-corrected chi connectivity index (χ2v) is 9.06. The molecule has 0 aromatic heterocycles. The fraction of sp³-hybridized carbons (Fsp3) is 0.385. The molecule has 2 heterocycles. The maximum atomic E-state index is 13.7. The lowest BCUT2D eigenvalue weighted by Gasteiger charge is -2.39. The summed E-state index contributed by atoms with van der Waals surface area (Å²) in [6.07, 6.45) is 6.84. The summed E-state index contributed by atoms with van der Waals surface area (Å²) in [6.45, 7) is 0. The molecule has 2 aromatic rings. The number of imide groups is 1. The van der Waals surface area contributed by atoms with Crippen LogP contribution in [0.25, 0.3) is 5.57 Å². The molecule has 6 rings (SSSR count). The number of nitrogens with zero attached hydrogens (tertiary/aromatic N) is 1. The van der Waals surface area contributed by atoms with Crippen LogP contribution in [0.3, 0.4) is 0 Å². The average Bonchev–Trinajstić information content (AvgIpc) is 3.24. The highest BCUT2D eigenvalue weighted by molar-refractivity contribution is 6.23. The average molecular weight is 399 g/mol. The molecule has 2 fully saturated rings. The minimum absolute atomic E-state index is 0.00363. The number of anilines is 2. The molecule has 2 amide bonds. The first-order valence-electron chi connectivity index (χ1n) is 11.3. The van der Waals surface area contributed by atoms with Crippen molar-refractivity contribution in [1.82, 2.24) is 0 Å². The van der Waals surface area contributed by atoms with Crippen LogP contribution in [0.5, 0.6) is 0 Å². The molecule has 0 bridgehead atoms. The maximum Gasteiger partial charge on any atom is 0.240 e. The molecule has 0 spiro atoms. The Morgan fingerprint density at radius 2 is 1.53 bits per heavy atom. The molecule has 4 heteroatoms. The number of hydrogen-bond acceptors (Lipinski definition) is 3. The van der Waals surface area contributed by atoms with Crippen molar-refractivity contribution < 1.29 is 9.59 Å². The monoisotopic (exact) mass is 398 g/mol. The van der Waals surface area contributed by atoms with Crippen molar-refractivity contribution in [2.45, 2.75) is 44.6 Å². The zero-order valence-electron chi connectivity index (χ0n) is 17.0. The van der Waals surface area contributed by atoms with Crippen molar-refractivity contribution >= 4 is 28.8 Å². The van der Waals surface area contributed by atoms with Gasteiger partial charge >= 0.3 is 0 Å². The Balaban J connectivity index is 1.52. The lowest BCUT2D eigenvalue weighted by atomic mass is 9.64. The molecule has 0 radical (unpaired) electrons. The zero-order chi connectivity index (χ0) is 20.2. The summed E-state index contributed by atoms with van der Waals surface area (Å²) in [5.74, 6) is -0.439. The van der Waals surface area contributed by atoms with Gasteiger partial charge < -0.3 is 5.32 Å². The van der Waals surface area contributed by atoms with E-state index in [9.17, 15) is 9.59 Å². The highest BCUT2D eigenvalue weighted by Crippen LogP contribution is 2.55. The van der Waals surface area contributed by atoms with Gasteiger partial charge in [0.2, 0.25) is 11.8 Å². The number of rotatable bonds is 1. The van der Waals surface area contributed by atoms with Gasteiger partial charge in [-0.1, -0.05) is 61.2 Å². The fourth-order valence-electron chi connectivity index (χ4n) is 6.33. The number of amides is 2. The number of fused-ring (bicyclic) bond motifs is 7. The fourth-order valence-corrected chi connectivity index (χ4v) is 6.33. The van der Waals surface area contributed by atoms with Crippen LogP contribution in [0.15, 0.2) is 60.2 Å². The van der Waals surface area contributed by atoms with Crippen LogP contribution in [0.1, 0.15) is 44.1 Å². The lowest BCUT2D eigenvalue weighted by Crippen LogP contribution is -2.43. The lowest BCUT2D eigenvalue weighted by molar-refractivity contribution is -0.122. The van der Waals surface area contributed by atoms with Gasteiger partial charge in [0.1, 0.15) is 0 Å². The second kappa shape index (κ2) is 6.83. The second-order valence-electron chi connectivity index (χ2n) is 9.06. The van der Waals surface area contributed by atoms with Gasteiger partial charge in [0.25, 0.3) is 0 Å². The van der Waals surface area contributed by atoms with Gasteiger partial charge in [0.05, 0.1) is 23.6 Å². The van der Waals surface area contributed by atoms with Gasteiger partial charge in [0, 0.05) is 11.3 Å². The summed E-state index contributed by atoms with van der Waals surface area (Å²) in [5.41, 5.74) is 5.79. The van der Waals surface area contributed by atoms with Crippen molar-refractivity contribution in [3.05, 3.63) is 65.7 Å². The van der Waals surface area contributed by atoms with E-state index in [-0.39, 0.29) is 35.6 Å². The van der Waals surface area contributed by atoms with Gasteiger partial charge in [-0.3, -0.25) is 9.59 Å². The zero-order valence-corrected chi connectivity index (χ0v) is 17.0. The molecule has 1 saturated heterocycles. The van der Waals surface area contributed by atoms with E-state index in [0.29, 0.717) is 5.69 Å². The first kappa shape index (κ1) is 17.9. The van der Waals surface area contributed by atoms with Crippen LogP contribution in [0, 0.1) is 17.8 Å². The molecule has 1 saturated carbocycles. The van der Waals surface area contributed by atoms with Gasteiger partial charge in [-0.05, 0) is 49.0 Å². The molecular formula is C26H26N2O2. The van der Waals surface area contributed by atoms with Crippen molar-refractivity contribution in [3.63, 3.8) is 0 Å². The maximum absolute atomic E-state index is 13.7. The van der Waals surface area contributed by atoms with Crippen molar-refractivity contribution in [2.24, 2.45) is 17.8 Å². The number of carbonyl (C=O) groups is 2. The predicted octanol–water partition coefficient (Wildman–Crippen LogP) is 5.02. The first-order chi connectivity index (χ1) is 14.8. The Morgan fingerprint density at radius 3 is 2.40 bits per heavy atom. The first-order valence-corrected chi connectivity index (χ1v) is 11.3. The molecule has 1 N–H and O–H groups in total. The van der Waals surface area contributed by atoms with Gasteiger partial charge in [-0.2, -0.15) is 0 Å². The molecule has 2 aromatic carbocycles. The van der Waals surface area contributed by atoms with E-state index in [4.69, 9.17) is 0 Å². The van der Waals surface area contributed by atoms with E-state index < -0.39 is 0 Å². The highest BCUT2D eigenvalue weighted by Gasteiger charge is 2.59. The normalized spacial score (nSPS) is 30.1. The Labute approximate surface area is 177 Å². The summed E-state index contributed by atoms with van der Waals surface area (Å²) in [6, 6.07) is 17.8. The summed E-state index contributed by atoms with van der Waals surface area (Å²) in [5, 5.41) is 3.64. The van der Waals surface area contributed by atoms with Gasteiger partial charge in [-0.15, -0.1) is 0 Å². The summed E-state index contributed by atoms with van der Waals surface area (Å²) >= 11 is 0. The minimum Gasteiger partial charge on any atom is -0.377 e. The molecule has 2 aliphatic heterocycles. The summed E-state index contributed by atoms with van der Waals surface area (Å²) < 4.78 is 0. The molecule has 30 heavy (non-hydrogen) atoms. The SMILES string of the molecule is O=C1[C@@H]2[C@@H]3CCCCCCC3=C3c4ccccc4NC3[C@@H]2C(=O)N1c1ccccc1. The van der Waals surface area contributed by atoms with E-state index >= 15 is 0 Å². The third kappa shape index (κ3) is 2.46. The van der Waals surface area contributed by atoms with Crippen LogP contribution in [0.4, 0.5) is 11.4 Å². The van der Waals surface area contributed by atoms with Crippen molar-refractivity contribution in [3.8, 4) is 0 Å². The van der Waals surface area contributed by atoms with Crippen molar-refractivity contribution in [1.29, 1.82) is 0 Å². The standard InChI is InChI=1S/C26H26N2O2/c29-25-22-18-13-7-2-1-6-12-17(18)21-19-14-8-9-15-20(19)27-24(21)23(22)26(30)28(25)16-10-4-3-5-11-16/h3-5,8-11,14-15,18,22-24,27H,1-2,6-7,12-13H2/t18-,22-,23-,24?/m1/s1. The Kier molecular flexibility index (Phi) is 4.08. The topological polar surface area (TPSA) is 49.4 Å². The molecule has 4 nitrogen and oxygen atoms in total. The van der Waals surface area contributed by atoms with Crippen LogP contribution in [0.2, 0.25) is 0 Å². The molecule has 152 valence electrons. The van der Waals surface area contributed by atoms with E-state index in [1.165, 1.54) is 40.9 Å². The quantitative estimate of drug-likeness (QED) is 0.686. The summed E-state index contributed by atoms with van der Waals surface area (Å²) in [4.78, 5) is 28.9. The van der Waals surface area contributed by atoms with E-state index in [0.717, 1.165) is 24.9 Å². The Hall–Kier alpha value is -2.88. The highest BCUT2D eigenvalue weighted by atomic mass is 16.2. The van der Waals surface area contributed by atoms with Crippen LogP contribution in [-0.4, -0.2) is 17.9 Å². The van der Waals surface area contributed by atoms with E-state index in [1.807, 2.05) is 36.4 Å². The van der Waals surface area contributed by atoms with Crippen LogP contribution in [-0.2, 0) is 9.59 Å². The number of para-hydroxylation sites is 2. The Bertz CT molecular complexity index is 1060. The summed E-state index contributed by atoms with van der Waals surface area (Å²) in [7, 11) is 0. The van der Waals surface area contributed by atoms with Gasteiger partial charge in [-0.25, -0.2) is 4.90 Å².